The Balaban J connectivity index is 2.32. The number of halogens is 1. The van der Waals surface area contributed by atoms with Crippen LogP contribution in [-0.2, 0) is 0 Å². The summed E-state index contributed by atoms with van der Waals surface area (Å²) in [6.45, 7) is 5.98. The number of carbonyl (C=O) groups is 1. The van der Waals surface area contributed by atoms with Gasteiger partial charge in [0, 0.05) is 22.0 Å². The van der Waals surface area contributed by atoms with Crippen LogP contribution in [0.25, 0.3) is 0 Å². The fraction of sp³-hybridized carbons (Fsp3) is 0.188. The molecule has 2 rings (SSSR count). The lowest BCUT2D eigenvalue weighted by atomic mass is 10.0. The highest BCUT2D eigenvalue weighted by atomic mass is 35.5. The molecule has 0 unspecified atom stereocenters. The molecule has 0 aliphatic heterocycles. The normalized spacial score (nSPS) is 10.4. The molecule has 0 aliphatic rings. The van der Waals surface area contributed by atoms with Crippen molar-refractivity contribution < 1.29 is 4.79 Å². The number of hydrogen-bond acceptors (Lipinski definition) is 2. The Kier molecular flexibility index (Phi) is 4.00. The summed E-state index contributed by atoms with van der Waals surface area (Å²) >= 11 is 5.92. The van der Waals surface area contributed by atoms with Gasteiger partial charge in [0.15, 0.2) is 0 Å². The molecule has 0 fully saturated rings. The first-order chi connectivity index (χ1) is 9.36. The molecule has 0 bridgehead atoms. The van der Waals surface area contributed by atoms with E-state index in [0.717, 1.165) is 16.8 Å². The molecule has 2 aromatic rings. The first-order valence-electron chi connectivity index (χ1n) is 6.32. The van der Waals surface area contributed by atoms with E-state index < -0.39 is 0 Å². The summed E-state index contributed by atoms with van der Waals surface area (Å²) in [5.41, 5.74) is 10.7. The molecule has 2 aromatic carbocycles. The lowest BCUT2D eigenvalue weighted by Crippen LogP contribution is -2.14. The molecule has 3 nitrogen and oxygen atoms in total. The van der Waals surface area contributed by atoms with Crippen molar-refractivity contribution in [3.8, 4) is 0 Å². The second kappa shape index (κ2) is 5.55. The number of nitrogens with two attached hydrogens (primary N) is 1. The molecular weight excluding hydrogens is 272 g/mol. The van der Waals surface area contributed by atoms with Gasteiger partial charge in [0.1, 0.15) is 0 Å². The third-order valence-corrected chi connectivity index (χ3v) is 3.32. The second-order valence-electron chi connectivity index (χ2n) is 5.00. The highest BCUT2D eigenvalue weighted by molar-refractivity contribution is 6.31. The van der Waals surface area contributed by atoms with Gasteiger partial charge in [0.2, 0.25) is 0 Å². The number of anilines is 2. The van der Waals surface area contributed by atoms with Crippen molar-refractivity contribution in [1.29, 1.82) is 0 Å². The van der Waals surface area contributed by atoms with Crippen LogP contribution in [0.5, 0.6) is 0 Å². The largest absolute Gasteiger partial charge is 0.399 e. The summed E-state index contributed by atoms with van der Waals surface area (Å²) < 4.78 is 0. The Hall–Kier alpha value is -2.00. The minimum Gasteiger partial charge on any atom is -0.399 e. The van der Waals surface area contributed by atoms with Crippen molar-refractivity contribution in [3.05, 3.63) is 57.6 Å². The van der Waals surface area contributed by atoms with Gasteiger partial charge in [-0.3, -0.25) is 4.79 Å². The van der Waals surface area contributed by atoms with E-state index >= 15 is 0 Å². The zero-order valence-corrected chi connectivity index (χ0v) is 12.5. The van der Waals surface area contributed by atoms with Gasteiger partial charge in [-0.2, -0.15) is 0 Å². The zero-order valence-electron chi connectivity index (χ0n) is 11.8. The Morgan fingerprint density at radius 3 is 2.20 bits per heavy atom. The Morgan fingerprint density at radius 1 is 1.05 bits per heavy atom. The fourth-order valence-electron chi connectivity index (χ4n) is 2.31. The summed E-state index contributed by atoms with van der Waals surface area (Å²) in [5.74, 6) is -0.214. The van der Waals surface area contributed by atoms with Crippen LogP contribution < -0.4 is 11.1 Å². The van der Waals surface area contributed by atoms with Crippen molar-refractivity contribution in [3.63, 3.8) is 0 Å². The second-order valence-corrected chi connectivity index (χ2v) is 5.44. The molecule has 3 N–H and O–H groups in total. The van der Waals surface area contributed by atoms with Crippen molar-refractivity contribution in [2.45, 2.75) is 20.8 Å². The van der Waals surface area contributed by atoms with Crippen molar-refractivity contribution >= 4 is 28.9 Å². The minimum atomic E-state index is -0.214. The molecule has 0 heterocycles. The van der Waals surface area contributed by atoms with E-state index in [1.54, 1.807) is 18.2 Å². The quantitative estimate of drug-likeness (QED) is 0.818. The number of aryl methyl sites for hydroxylation is 3. The molecule has 0 saturated heterocycles. The number of rotatable bonds is 2. The maximum Gasteiger partial charge on any atom is 0.255 e. The Morgan fingerprint density at radius 2 is 1.65 bits per heavy atom. The van der Waals surface area contributed by atoms with Crippen LogP contribution >= 0.6 is 11.6 Å². The van der Waals surface area contributed by atoms with Crippen molar-refractivity contribution in [1.82, 2.24) is 0 Å². The zero-order chi connectivity index (χ0) is 14.9. The van der Waals surface area contributed by atoms with Gasteiger partial charge >= 0.3 is 0 Å². The van der Waals surface area contributed by atoms with E-state index in [1.165, 1.54) is 5.56 Å². The molecular formula is C16H17ClN2O. The summed E-state index contributed by atoms with van der Waals surface area (Å²) in [6, 6.07) is 8.90. The van der Waals surface area contributed by atoms with E-state index in [9.17, 15) is 4.79 Å². The van der Waals surface area contributed by atoms with Gasteiger partial charge in [-0.25, -0.2) is 0 Å². The molecule has 0 atom stereocenters. The average Bonchev–Trinajstić information content (AvgIpc) is 2.32. The molecule has 1 amide bonds. The van der Waals surface area contributed by atoms with Crippen LogP contribution in [0.4, 0.5) is 11.4 Å². The monoisotopic (exact) mass is 288 g/mol. The molecule has 0 saturated carbocycles. The topological polar surface area (TPSA) is 55.1 Å². The van der Waals surface area contributed by atoms with Crippen LogP contribution in [0.3, 0.4) is 0 Å². The molecule has 4 heteroatoms. The van der Waals surface area contributed by atoms with Crippen LogP contribution in [0.2, 0.25) is 5.02 Å². The van der Waals surface area contributed by atoms with Crippen LogP contribution in [0, 0.1) is 20.8 Å². The Labute approximate surface area is 123 Å². The number of nitrogens with one attached hydrogen (secondary N) is 1. The van der Waals surface area contributed by atoms with Gasteiger partial charge in [0.25, 0.3) is 5.91 Å². The fourth-order valence-corrected chi connectivity index (χ4v) is 2.55. The lowest BCUT2D eigenvalue weighted by Gasteiger charge is -2.13. The third-order valence-electron chi connectivity index (χ3n) is 3.10. The molecule has 0 aromatic heterocycles. The summed E-state index contributed by atoms with van der Waals surface area (Å²) in [7, 11) is 0. The van der Waals surface area contributed by atoms with Gasteiger partial charge in [0.05, 0.1) is 0 Å². The predicted molar refractivity (Wildman–Crippen MR) is 84.5 cm³/mol. The first-order valence-corrected chi connectivity index (χ1v) is 6.70. The summed E-state index contributed by atoms with van der Waals surface area (Å²) in [6.07, 6.45) is 0. The SMILES string of the molecule is Cc1cc(C)c(NC(=O)c2cc(N)cc(Cl)c2)c(C)c1. The number of hydrogen-bond donors (Lipinski definition) is 2. The first kappa shape index (κ1) is 14.4. The van der Waals surface area contributed by atoms with E-state index in [-0.39, 0.29) is 5.91 Å². The average molecular weight is 289 g/mol. The van der Waals surface area contributed by atoms with Crippen LogP contribution in [0.1, 0.15) is 27.0 Å². The van der Waals surface area contributed by atoms with Gasteiger partial charge in [-0.15, -0.1) is 0 Å². The third kappa shape index (κ3) is 3.11. The number of nitrogen functional groups attached to an aromatic ring is 1. The summed E-state index contributed by atoms with van der Waals surface area (Å²) in [5, 5.41) is 3.37. The van der Waals surface area contributed by atoms with Crippen molar-refractivity contribution in [2.75, 3.05) is 11.1 Å². The number of amides is 1. The van der Waals surface area contributed by atoms with E-state index in [2.05, 4.69) is 5.32 Å². The maximum absolute atomic E-state index is 12.3. The van der Waals surface area contributed by atoms with Crippen molar-refractivity contribution in [2.24, 2.45) is 0 Å². The Bertz CT molecular complexity index is 637. The summed E-state index contributed by atoms with van der Waals surface area (Å²) in [4.78, 5) is 12.3. The predicted octanol–water partition coefficient (Wildman–Crippen LogP) is 4.10. The molecule has 104 valence electrons. The van der Waals surface area contributed by atoms with E-state index in [4.69, 9.17) is 17.3 Å². The van der Waals surface area contributed by atoms with Gasteiger partial charge in [-0.05, 0) is 50.1 Å². The van der Waals surface area contributed by atoms with Crippen LogP contribution in [0.15, 0.2) is 30.3 Å². The van der Waals surface area contributed by atoms with Gasteiger partial charge < -0.3 is 11.1 Å². The van der Waals surface area contributed by atoms with Crippen LogP contribution in [-0.4, -0.2) is 5.91 Å². The van der Waals surface area contributed by atoms with E-state index in [1.807, 2.05) is 32.9 Å². The van der Waals surface area contributed by atoms with Gasteiger partial charge in [-0.1, -0.05) is 29.3 Å². The lowest BCUT2D eigenvalue weighted by molar-refractivity contribution is 0.102. The molecule has 20 heavy (non-hydrogen) atoms. The molecule has 0 spiro atoms. The number of benzene rings is 2. The minimum absolute atomic E-state index is 0.214. The number of carbonyl (C=O) groups excluding carboxylic acids is 1. The highest BCUT2D eigenvalue weighted by Crippen LogP contribution is 2.23. The molecule has 0 aliphatic carbocycles. The highest BCUT2D eigenvalue weighted by Gasteiger charge is 2.11. The smallest absolute Gasteiger partial charge is 0.255 e. The molecule has 0 radical (unpaired) electrons. The van der Waals surface area contributed by atoms with E-state index in [0.29, 0.717) is 16.3 Å². The standard InChI is InChI=1S/C16H17ClN2O/c1-9-4-10(2)15(11(3)5-9)19-16(20)12-6-13(17)8-14(18)7-12/h4-8H,18H2,1-3H3,(H,19,20). The maximum atomic E-state index is 12.3.